The first-order chi connectivity index (χ1) is 8.22. The average Bonchev–Trinajstić information content (AvgIpc) is 2.21. The highest BCUT2D eigenvalue weighted by Gasteiger charge is 2.48. The Morgan fingerprint density at radius 2 is 2.00 bits per heavy atom. The lowest BCUT2D eigenvalue weighted by molar-refractivity contribution is -0.156. The van der Waals surface area contributed by atoms with Crippen LogP contribution in [0.3, 0.4) is 0 Å². The van der Waals surface area contributed by atoms with Crippen LogP contribution >= 0.6 is 0 Å². The molecule has 1 aliphatic rings. The summed E-state index contributed by atoms with van der Waals surface area (Å²) in [5.41, 5.74) is -1.02. The normalized spacial score (nSPS) is 19.7. The van der Waals surface area contributed by atoms with Crippen LogP contribution in [-0.4, -0.2) is 44.4 Å². The summed E-state index contributed by atoms with van der Waals surface area (Å²) in [6, 6.07) is -1.22. The molecule has 18 heavy (non-hydrogen) atoms. The number of nitrogens with one attached hydrogen (secondary N) is 1. The molecule has 0 aliphatic heterocycles. The highest BCUT2D eigenvalue weighted by molar-refractivity contribution is 7.89. The Balaban J connectivity index is 2.76. The third-order valence-electron chi connectivity index (χ3n) is 3.12. The van der Waals surface area contributed by atoms with Crippen molar-refractivity contribution >= 4 is 22.0 Å². The van der Waals surface area contributed by atoms with E-state index in [1.54, 1.807) is 0 Å². The zero-order chi connectivity index (χ0) is 14.0. The van der Waals surface area contributed by atoms with E-state index >= 15 is 0 Å². The summed E-state index contributed by atoms with van der Waals surface area (Å²) in [6.07, 6.45) is 1.66. The summed E-state index contributed by atoms with van der Waals surface area (Å²) in [7, 11) is -2.62. The minimum absolute atomic E-state index is 0.426. The summed E-state index contributed by atoms with van der Waals surface area (Å²) in [5.74, 6) is -2.24. The van der Waals surface area contributed by atoms with Crippen molar-refractivity contribution in [3.63, 3.8) is 0 Å². The number of ether oxygens (including phenoxy) is 1. The van der Waals surface area contributed by atoms with E-state index in [9.17, 15) is 18.0 Å². The Labute approximate surface area is 106 Å². The molecular formula is C10H17NO6S. The van der Waals surface area contributed by atoms with Crippen LogP contribution in [0.1, 0.15) is 26.2 Å². The molecule has 0 unspecified atom stereocenters. The van der Waals surface area contributed by atoms with Crippen LogP contribution in [0.25, 0.3) is 0 Å². The maximum absolute atomic E-state index is 11.8. The molecule has 0 amide bonds. The summed E-state index contributed by atoms with van der Waals surface area (Å²) < 4.78 is 30.2. The predicted molar refractivity (Wildman–Crippen MR) is 62.3 cm³/mol. The molecular weight excluding hydrogens is 262 g/mol. The Morgan fingerprint density at radius 3 is 2.33 bits per heavy atom. The maximum Gasteiger partial charge on any atom is 0.321 e. The molecule has 0 aromatic rings. The number of carbonyl (C=O) groups is 2. The first kappa shape index (κ1) is 14.9. The van der Waals surface area contributed by atoms with Crippen molar-refractivity contribution in [2.45, 2.75) is 32.2 Å². The lowest BCUT2D eigenvalue weighted by Gasteiger charge is -2.38. The number of carbonyl (C=O) groups excluding carboxylic acids is 1. The van der Waals surface area contributed by atoms with Gasteiger partial charge in [-0.1, -0.05) is 6.42 Å². The van der Waals surface area contributed by atoms with Crippen molar-refractivity contribution in [3.8, 4) is 0 Å². The van der Waals surface area contributed by atoms with Gasteiger partial charge >= 0.3 is 11.9 Å². The van der Waals surface area contributed by atoms with Gasteiger partial charge < -0.3 is 9.84 Å². The van der Waals surface area contributed by atoms with Crippen LogP contribution in [0.5, 0.6) is 0 Å². The number of methoxy groups -OCH3 is 1. The summed E-state index contributed by atoms with van der Waals surface area (Å²) in [6.45, 7) is 1.23. The molecule has 0 bridgehead atoms. The maximum atomic E-state index is 11.8. The first-order valence-corrected chi connectivity index (χ1v) is 7.19. The molecule has 0 saturated heterocycles. The van der Waals surface area contributed by atoms with Crippen LogP contribution in [0.4, 0.5) is 0 Å². The topological polar surface area (TPSA) is 110 Å². The van der Waals surface area contributed by atoms with E-state index in [0.717, 1.165) is 6.42 Å². The highest BCUT2D eigenvalue weighted by Crippen LogP contribution is 2.42. The van der Waals surface area contributed by atoms with Crippen LogP contribution in [0.2, 0.25) is 0 Å². The van der Waals surface area contributed by atoms with Crippen LogP contribution in [0.15, 0.2) is 0 Å². The molecule has 104 valence electrons. The second kappa shape index (κ2) is 5.23. The van der Waals surface area contributed by atoms with Gasteiger partial charge in [0.25, 0.3) is 0 Å². The van der Waals surface area contributed by atoms with E-state index in [2.05, 4.69) is 4.74 Å². The number of aliphatic carboxylic acids is 1. The number of sulfonamides is 1. The van der Waals surface area contributed by atoms with Crippen LogP contribution in [0, 0.1) is 5.41 Å². The van der Waals surface area contributed by atoms with Crippen molar-refractivity contribution in [2.24, 2.45) is 5.41 Å². The molecule has 0 aromatic carbocycles. The number of hydrogen-bond acceptors (Lipinski definition) is 5. The van der Waals surface area contributed by atoms with Crippen molar-refractivity contribution in [2.75, 3.05) is 12.9 Å². The third-order valence-corrected chi connectivity index (χ3v) is 4.77. The fourth-order valence-corrected chi connectivity index (χ4v) is 3.81. The van der Waals surface area contributed by atoms with Gasteiger partial charge in [0.15, 0.2) is 0 Å². The largest absolute Gasteiger partial charge is 0.480 e. The summed E-state index contributed by atoms with van der Waals surface area (Å²) in [5, 5.41) is 8.65. The van der Waals surface area contributed by atoms with Gasteiger partial charge in [-0.25, -0.2) is 13.1 Å². The van der Waals surface area contributed by atoms with E-state index in [0.29, 0.717) is 12.8 Å². The van der Waals surface area contributed by atoms with Gasteiger partial charge in [-0.2, -0.15) is 0 Å². The fraction of sp³-hybridized carbons (Fsp3) is 0.800. The molecule has 0 heterocycles. The van der Waals surface area contributed by atoms with Crippen molar-refractivity contribution in [1.82, 2.24) is 4.72 Å². The monoisotopic (exact) mass is 279 g/mol. The first-order valence-electron chi connectivity index (χ1n) is 5.54. The van der Waals surface area contributed by atoms with Crippen LogP contribution in [-0.2, 0) is 24.3 Å². The number of rotatable bonds is 6. The SMILES string of the molecule is COC(=O)C1(CS(=O)(=O)N[C@H](C)C(=O)O)CCC1. The number of hydrogen-bond donors (Lipinski definition) is 2. The van der Waals surface area contributed by atoms with Gasteiger partial charge in [-0.05, 0) is 19.8 Å². The lowest BCUT2D eigenvalue weighted by Crippen LogP contribution is -2.49. The summed E-state index contributed by atoms with van der Waals surface area (Å²) >= 11 is 0. The van der Waals surface area contributed by atoms with E-state index in [1.165, 1.54) is 14.0 Å². The van der Waals surface area contributed by atoms with Gasteiger partial charge in [0.1, 0.15) is 6.04 Å². The molecule has 0 radical (unpaired) electrons. The van der Waals surface area contributed by atoms with Crippen molar-refractivity contribution < 1.29 is 27.9 Å². The van der Waals surface area contributed by atoms with Crippen molar-refractivity contribution in [1.29, 1.82) is 0 Å². The molecule has 7 nitrogen and oxygen atoms in total. The Hall–Kier alpha value is -1.15. The third kappa shape index (κ3) is 3.20. The van der Waals surface area contributed by atoms with Crippen molar-refractivity contribution in [3.05, 3.63) is 0 Å². The Kier molecular flexibility index (Phi) is 4.33. The van der Waals surface area contributed by atoms with Gasteiger partial charge in [0, 0.05) is 0 Å². The average molecular weight is 279 g/mol. The van der Waals surface area contributed by atoms with Gasteiger partial charge in [0.05, 0.1) is 18.3 Å². The zero-order valence-electron chi connectivity index (χ0n) is 10.3. The van der Waals surface area contributed by atoms with E-state index < -0.39 is 39.2 Å². The quantitative estimate of drug-likeness (QED) is 0.647. The second-order valence-corrected chi connectivity index (χ2v) is 6.32. The number of carboxylic acid groups (broad SMARTS) is 1. The van der Waals surface area contributed by atoms with Gasteiger partial charge in [-0.3, -0.25) is 9.59 Å². The van der Waals surface area contributed by atoms with Gasteiger partial charge in [-0.15, -0.1) is 0 Å². The highest BCUT2D eigenvalue weighted by atomic mass is 32.2. The smallest absolute Gasteiger partial charge is 0.321 e. The van der Waals surface area contributed by atoms with E-state index in [1.807, 2.05) is 4.72 Å². The molecule has 1 atom stereocenters. The standard InChI is InChI=1S/C10H17NO6S/c1-7(8(12)13)11-18(15,16)6-10(4-3-5-10)9(14)17-2/h7,11H,3-6H2,1-2H3,(H,12,13)/t7-/m1/s1. The lowest BCUT2D eigenvalue weighted by atomic mass is 9.70. The minimum atomic E-state index is -3.83. The van der Waals surface area contributed by atoms with E-state index in [-0.39, 0.29) is 0 Å². The van der Waals surface area contributed by atoms with Crippen LogP contribution < -0.4 is 4.72 Å². The Morgan fingerprint density at radius 1 is 1.44 bits per heavy atom. The molecule has 1 aliphatic carbocycles. The minimum Gasteiger partial charge on any atom is -0.480 e. The Bertz CT molecular complexity index is 439. The fourth-order valence-electron chi connectivity index (χ4n) is 1.95. The molecule has 1 fully saturated rings. The second-order valence-electron chi connectivity index (χ2n) is 4.56. The molecule has 0 aromatic heterocycles. The predicted octanol–water partition coefficient (Wildman–Crippen LogP) is -0.278. The molecule has 1 rings (SSSR count). The van der Waals surface area contributed by atoms with E-state index in [4.69, 9.17) is 5.11 Å². The zero-order valence-corrected chi connectivity index (χ0v) is 11.1. The molecule has 8 heteroatoms. The molecule has 1 saturated carbocycles. The molecule has 2 N–H and O–H groups in total. The molecule has 0 spiro atoms. The van der Waals surface area contributed by atoms with Gasteiger partial charge in [0.2, 0.25) is 10.0 Å². The number of carboxylic acids is 1. The summed E-state index contributed by atoms with van der Waals surface area (Å²) in [4.78, 5) is 22.2. The number of esters is 1.